The second-order valence-corrected chi connectivity index (χ2v) is 6.30. The molecule has 1 saturated heterocycles. The van der Waals surface area contributed by atoms with E-state index in [4.69, 9.17) is 4.42 Å². The molecular formula is C20H17N3O3. The van der Waals surface area contributed by atoms with E-state index in [9.17, 15) is 9.59 Å². The Bertz CT molecular complexity index is 953. The first kappa shape index (κ1) is 16.1. The average Bonchev–Trinajstić information content (AvgIpc) is 3.23. The molecule has 1 aliphatic rings. The number of hydrogen-bond donors (Lipinski definition) is 1. The zero-order valence-electron chi connectivity index (χ0n) is 14.2. The molecule has 2 aromatic carbocycles. The quantitative estimate of drug-likeness (QED) is 0.735. The largest absolute Gasteiger partial charge is 0.439 e. The standard InChI is InChI=1S/C20H17N3O3/c1-20(15-10-6-3-7-11-15)18(24)23(19(25)22-20)13-17-21-12-16(26-17)14-8-4-2-5-9-14/h2-12H,13H2,1H3,(H,22,25). The maximum Gasteiger partial charge on any atom is 0.325 e. The van der Waals surface area contributed by atoms with Crippen LogP contribution in [0.25, 0.3) is 11.3 Å². The van der Waals surface area contributed by atoms with Crippen molar-refractivity contribution >= 4 is 11.9 Å². The van der Waals surface area contributed by atoms with Crippen molar-refractivity contribution in [2.45, 2.75) is 19.0 Å². The Morgan fingerprint density at radius 2 is 1.69 bits per heavy atom. The van der Waals surface area contributed by atoms with Gasteiger partial charge in [0.05, 0.1) is 6.20 Å². The minimum Gasteiger partial charge on any atom is -0.439 e. The molecule has 3 aromatic rings. The summed E-state index contributed by atoms with van der Waals surface area (Å²) in [5, 5.41) is 2.77. The lowest BCUT2D eigenvalue weighted by atomic mass is 9.92. The first-order valence-electron chi connectivity index (χ1n) is 8.28. The fraction of sp³-hybridized carbons (Fsp3) is 0.150. The van der Waals surface area contributed by atoms with Gasteiger partial charge < -0.3 is 9.73 Å². The van der Waals surface area contributed by atoms with E-state index >= 15 is 0 Å². The Morgan fingerprint density at radius 3 is 2.38 bits per heavy atom. The third-order valence-electron chi connectivity index (χ3n) is 4.53. The van der Waals surface area contributed by atoms with Crippen molar-refractivity contribution in [3.63, 3.8) is 0 Å². The molecule has 0 aliphatic carbocycles. The van der Waals surface area contributed by atoms with Gasteiger partial charge in [0.2, 0.25) is 5.89 Å². The van der Waals surface area contributed by atoms with Gasteiger partial charge in [-0.25, -0.2) is 9.78 Å². The first-order chi connectivity index (χ1) is 12.6. The summed E-state index contributed by atoms with van der Waals surface area (Å²) in [6, 6.07) is 18.3. The highest BCUT2D eigenvalue weighted by Gasteiger charge is 2.49. The lowest BCUT2D eigenvalue weighted by Gasteiger charge is -2.21. The first-order valence-corrected chi connectivity index (χ1v) is 8.28. The zero-order chi connectivity index (χ0) is 18.1. The van der Waals surface area contributed by atoms with E-state index in [-0.39, 0.29) is 12.5 Å². The van der Waals surface area contributed by atoms with Crippen molar-refractivity contribution in [2.75, 3.05) is 0 Å². The predicted octanol–water partition coefficient (Wildman–Crippen LogP) is 3.31. The highest BCUT2D eigenvalue weighted by Crippen LogP contribution is 2.30. The predicted molar refractivity (Wildman–Crippen MR) is 94.8 cm³/mol. The summed E-state index contributed by atoms with van der Waals surface area (Å²) >= 11 is 0. The number of carbonyl (C=O) groups excluding carboxylic acids is 2. The van der Waals surface area contributed by atoms with Gasteiger partial charge in [0.1, 0.15) is 12.1 Å². The summed E-state index contributed by atoms with van der Waals surface area (Å²) in [5.74, 6) is 0.580. The van der Waals surface area contributed by atoms with Crippen molar-refractivity contribution in [1.29, 1.82) is 0 Å². The molecule has 1 N–H and O–H groups in total. The number of aromatic nitrogens is 1. The van der Waals surface area contributed by atoms with Gasteiger partial charge in [0.25, 0.3) is 5.91 Å². The summed E-state index contributed by atoms with van der Waals surface area (Å²) in [5.41, 5.74) is 0.531. The van der Waals surface area contributed by atoms with Crippen molar-refractivity contribution < 1.29 is 14.0 Å². The number of oxazole rings is 1. The molecule has 6 heteroatoms. The summed E-state index contributed by atoms with van der Waals surface area (Å²) < 4.78 is 5.72. The van der Waals surface area contributed by atoms with Gasteiger partial charge >= 0.3 is 6.03 Å². The average molecular weight is 347 g/mol. The minimum atomic E-state index is -1.09. The van der Waals surface area contributed by atoms with Gasteiger partial charge in [-0.3, -0.25) is 9.69 Å². The number of urea groups is 1. The normalized spacial score (nSPS) is 19.7. The van der Waals surface area contributed by atoms with Crippen LogP contribution in [-0.2, 0) is 16.9 Å². The molecule has 1 unspecified atom stereocenters. The zero-order valence-corrected chi connectivity index (χ0v) is 14.2. The number of rotatable bonds is 4. The second-order valence-electron chi connectivity index (χ2n) is 6.30. The number of amides is 3. The fourth-order valence-corrected chi connectivity index (χ4v) is 3.06. The van der Waals surface area contributed by atoms with Gasteiger partial charge in [-0.15, -0.1) is 0 Å². The Balaban J connectivity index is 1.57. The number of benzene rings is 2. The van der Waals surface area contributed by atoms with E-state index in [1.807, 2.05) is 60.7 Å². The van der Waals surface area contributed by atoms with Crippen molar-refractivity contribution in [1.82, 2.24) is 15.2 Å². The van der Waals surface area contributed by atoms with E-state index in [0.717, 1.165) is 16.0 Å². The van der Waals surface area contributed by atoms with Crippen LogP contribution in [0.3, 0.4) is 0 Å². The number of imide groups is 1. The van der Waals surface area contributed by atoms with Gasteiger partial charge in [0.15, 0.2) is 5.76 Å². The van der Waals surface area contributed by atoms with Crippen molar-refractivity contribution in [3.05, 3.63) is 78.3 Å². The SMILES string of the molecule is CC1(c2ccccc2)NC(=O)N(Cc2ncc(-c3ccccc3)o2)C1=O. The third kappa shape index (κ3) is 2.65. The van der Waals surface area contributed by atoms with Gasteiger partial charge in [-0.1, -0.05) is 60.7 Å². The maximum absolute atomic E-state index is 12.9. The fourth-order valence-electron chi connectivity index (χ4n) is 3.06. The van der Waals surface area contributed by atoms with Gasteiger partial charge in [-0.05, 0) is 12.5 Å². The number of carbonyl (C=O) groups is 2. The van der Waals surface area contributed by atoms with Crippen LogP contribution in [0.15, 0.2) is 71.3 Å². The highest BCUT2D eigenvalue weighted by molar-refractivity contribution is 6.07. The number of nitrogens with one attached hydrogen (secondary N) is 1. The molecule has 1 aromatic heterocycles. The molecule has 3 amide bonds. The van der Waals surface area contributed by atoms with Crippen LogP contribution in [-0.4, -0.2) is 21.8 Å². The summed E-state index contributed by atoms with van der Waals surface area (Å²) in [7, 11) is 0. The molecule has 6 nitrogen and oxygen atoms in total. The Morgan fingerprint density at radius 1 is 1.04 bits per heavy atom. The van der Waals surface area contributed by atoms with Gasteiger partial charge in [-0.2, -0.15) is 0 Å². The van der Waals surface area contributed by atoms with Crippen LogP contribution in [0.1, 0.15) is 18.4 Å². The van der Waals surface area contributed by atoms with E-state index in [0.29, 0.717) is 11.7 Å². The second kappa shape index (κ2) is 6.15. The lowest BCUT2D eigenvalue weighted by molar-refractivity contribution is -0.131. The van der Waals surface area contributed by atoms with E-state index in [1.165, 1.54) is 0 Å². The molecule has 1 atom stereocenters. The molecule has 1 aliphatic heterocycles. The van der Waals surface area contributed by atoms with Crippen LogP contribution in [0, 0.1) is 0 Å². The van der Waals surface area contributed by atoms with Crippen LogP contribution in [0.2, 0.25) is 0 Å². The molecule has 4 rings (SSSR count). The lowest BCUT2D eigenvalue weighted by Crippen LogP contribution is -2.40. The summed E-state index contributed by atoms with van der Waals surface area (Å²) in [4.78, 5) is 30.6. The maximum atomic E-state index is 12.9. The molecule has 1 fully saturated rings. The van der Waals surface area contributed by atoms with Crippen LogP contribution in [0.5, 0.6) is 0 Å². The van der Waals surface area contributed by atoms with Crippen molar-refractivity contribution in [2.24, 2.45) is 0 Å². The molecular weight excluding hydrogens is 330 g/mol. The number of hydrogen-bond acceptors (Lipinski definition) is 4. The van der Waals surface area contributed by atoms with Crippen molar-refractivity contribution in [3.8, 4) is 11.3 Å². The molecule has 0 bridgehead atoms. The monoisotopic (exact) mass is 347 g/mol. The number of nitrogens with zero attached hydrogens (tertiary/aromatic N) is 2. The van der Waals surface area contributed by atoms with Crippen LogP contribution >= 0.6 is 0 Å². The molecule has 0 saturated carbocycles. The summed E-state index contributed by atoms with van der Waals surface area (Å²) in [6.07, 6.45) is 1.60. The minimum absolute atomic E-state index is 0.0140. The molecule has 2 heterocycles. The Kier molecular flexibility index (Phi) is 3.80. The van der Waals surface area contributed by atoms with E-state index in [2.05, 4.69) is 10.3 Å². The van der Waals surface area contributed by atoms with Crippen LogP contribution in [0.4, 0.5) is 4.79 Å². The molecule has 0 spiro atoms. The van der Waals surface area contributed by atoms with Crippen LogP contribution < -0.4 is 5.32 Å². The smallest absolute Gasteiger partial charge is 0.325 e. The summed E-state index contributed by atoms with van der Waals surface area (Å²) in [6.45, 7) is 1.69. The van der Waals surface area contributed by atoms with Gasteiger partial charge in [0, 0.05) is 5.56 Å². The topological polar surface area (TPSA) is 75.4 Å². The molecule has 26 heavy (non-hydrogen) atoms. The Hall–Kier alpha value is -3.41. The third-order valence-corrected chi connectivity index (χ3v) is 4.53. The molecule has 130 valence electrons. The van der Waals surface area contributed by atoms with E-state index < -0.39 is 11.6 Å². The van der Waals surface area contributed by atoms with E-state index in [1.54, 1.807) is 13.1 Å². The molecule has 0 radical (unpaired) electrons. The highest BCUT2D eigenvalue weighted by atomic mass is 16.4. The Labute approximate surface area is 150 Å².